The van der Waals surface area contributed by atoms with Crippen LogP contribution >= 0.6 is 0 Å². The van der Waals surface area contributed by atoms with Crippen molar-refractivity contribution in [2.24, 2.45) is 0 Å². The second kappa shape index (κ2) is 5.25. The van der Waals surface area contributed by atoms with Gasteiger partial charge in [-0.3, -0.25) is 4.40 Å². The summed E-state index contributed by atoms with van der Waals surface area (Å²) >= 11 is 0. The fourth-order valence-corrected chi connectivity index (χ4v) is 2.29. The van der Waals surface area contributed by atoms with Crippen molar-refractivity contribution in [3.8, 4) is 0 Å². The molecule has 0 bridgehead atoms. The van der Waals surface area contributed by atoms with Crippen molar-refractivity contribution in [3.05, 3.63) is 71.2 Å². The van der Waals surface area contributed by atoms with E-state index in [4.69, 9.17) is 0 Å². The highest BCUT2D eigenvalue weighted by Crippen LogP contribution is 2.18. The maximum Gasteiger partial charge on any atom is 0.355 e. The van der Waals surface area contributed by atoms with Crippen LogP contribution in [0.25, 0.3) is 17.8 Å². The first kappa shape index (κ1) is 13.1. The molecule has 0 aliphatic rings. The molecule has 0 aliphatic carbocycles. The molecule has 0 saturated carbocycles. The van der Waals surface area contributed by atoms with Crippen LogP contribution in [0.15, 0.2) is 48.7 Å². The van der Waals surface area contributed by atoms with Crippen molar-refractivity contribution in [1.29, 1.82) is 0 Å². The lowest BCUT2D eigenvalue weighted by molar-refractivity contribution is 0.0689. The monoisotopic (exact) mass is 278 g/mol. The van der Waals surface area contributed by atoms with E-state index in [0.29, 0.717) is 11.3 Å². The first-order chi connectivity index (χ1) is 10.2. The predicted molar refractivity (Wildman–Crippen MR) is 82.3 cm³/mol. The van der Waals surface area contributed by atoms with Crippen molar-refractivity contribution in [2.75, 3.05) is 0 Å². The first-order valence-electron chi connectivity index (χ1n) is 6.61. The van der Waals surface area contributed by atoms with Gasteiger partial charge >= 0.3 is 5.97 Å². The van der Waals surface area contributed by atoms with Crippen LogP contribution in [0.5, 0.6) is 0 Å². The van der Waals surface area contributed by atoms with Crippen LogP contribution in [-0.4, -0.2) is 20.5 Å². The van der Waals surface area contributed by atoms with Crippen LogP contribution in [0.4, 0.5) is 0 Å². The topological polar surface area (TPSA) is 54.6 Å². The molecule has 0 atom stereocenters. The van der Waals surface area contributed by atoms with E-state index in [1.807, 2.05) is 55.5 Å². The van der Waals surface area contributed by atoms with E-state index >= 15 is 0 Å². The van der Waals surface area contributed by atoms with E-state index in [0.717, 1.165) is 11.1 Å². The zero-order valence-electron chi connectivity index (χ0n) is 11.5. The standard InChI is InChI=1S/C17H14N2O2/c1-12-6-5-11-19-15(17(20)21)14(18-16(12)19)10-9-13-7-3-2-4-8-13/h2-11H,1H3,(H,20,21)/b10-9+. The van der Waals surface area contributed by atoms with Gasteiger partial charge in [-0.25, -0.2) is 9.78 Å². The van der Waals surface area contributed by atoms with Gasteiger partial charge in [-0.1, -0.05) is 42.5 Å². The predicted octanol–water partition coefficient (Wildman–Crippen LogP) is 3.51. The summed E-state index contributed by atoms with van der Waals surface area (Å²) in [7, 11) is 0. The Bertz CT molecular complexity index is 833. The van der Waals surface area contributed by atoms with E-state index in [1.54, 1.807) is 16.7 Å². The number of pyridine rings is 1. The lowest BCUT2D eigenvalue weighted by atomic mass is 10.2. The second-order valence-electron chi connectivity index (χ2n) is 4.78. The van der Waals surface area contributed by atoms with Crippen molar-refractivity contribution in [1.82, 2.24) is 9.38 Å². The number of imidazole rings is 1. The molecule has 0 saturated heterocycles. The molecule has 0 aliphatic heterocycles. The molecule has 0 unspecified atom stereocenters. The summed E-state index contributed by atoms with van der Waals surface area (Å²) in [6, 6.07) is 13.5. The molecular weight excluding hydrogens is 264 g/mol. The van der Waals surface area contributed by atoms with Crippen LogP contribution in [0.1, 0.15) is 27.3 Å². The first-order valence-corrected chi connectivity index (χ1v) is 6.61. The Morgan fingerprint density at radius 3 is 2.62 bits per heavy atom. The maximum atomic E-state index is 11.5. The number of hydrogen-bond donors (Lipinski definition) is 1. The third-order valence-corrected chi connectivity index (χ3v) is 3.31. The minimum absolute atomic E-state index is 0.181. The van der Waals surface area contributed by atoms with Gasteiger partial charge in [-0.15, -0.1) is 0 Å². The number of nitrogens with zero attached hydrogens (tertiary/aromatic N) is 2. The smallest absolute Gasteiger partial charge is 0.355 e. The number of carbonyl (C=O) groups is 1. The van der Waals surface area contributed by atoms with Crippen molar-refractivity contribution < 1.29 is 9.90 Å². The molecule has 0 fully saturated rings. The minimum Gasteiger partial charge on any atom is -0.476 e. The summed E-state index contributed by atoms with van der Waals surface area (Å²) < 4.78 is 1.61. The van der Waals surface area contributed by atoms with Crippen LogP contribution in [0.3, 0.4) is 0 Å². The van der Waals surface area contributed by atoms with Crippen molar-refractivity contribution >= 4 is 23.8 Å². The maximum absolute atomic E-state index is 11.5. The number of aryl methyl sites for hydroxylation is 1. The highest BCUT2D eigenvalue weighted by molar-refractivity contribution is 5.92. The lowest BCUT2D eigenvalue weighted by Crippen LogP contribution is -2.03. The molecule has 2 heterocycles. The molecule has 3 rings (SSSR count). The SMILES string of the molecule is Cc1cccn2c(C(=O)O)c(/C=C/c3ccccc3)nc12. The third-order valence-electron chi connectivity index (χ3n) is 3.31. The van der Waals surface area contributed by atoms with E-state index in [-0.39, 0.29) is 5.69 Å². The van der Waals surface area contributed by atoms with E-state index < -0.39 is 5.97 Å². The summed E-state index contributed by atoms with van der Waals surface area (Å²) in [6.07, 6.45) is 5.33. The summed E-state index contributed by atoms with van der Waals surface area (Å²) in [5.41, 5.74) is 3.26. The zero-order chi connectivity index (χ0) is 14.8. The lowest BCUT2D eigenvalue weighted by Gasteiger charge is -1.98. The van der Waals surface area contributed by atoms with Gasteiger partial charge in [-0.2, -0.15) is 0 Å². The number of carboxylic acids is 1. The van der Waals surface area contributed by atoms with Crippen molar-refractivity contribution in [3.63, 3.8) is 0 Å². The Hall–Kier alpha value is -2.88. The zero-order valence-corrected chi connectivity index (χ0v) is 11.5. The summed E-state index contributed by atoms with van der Waals surface area (Å²) in [6.45, 7) is 1.92. The average Bonchev–Trinajstić information content (AvgIpc) is 2.86. The number of benzene rings is 1. The quantitative estimate of drug-likeness (QED) is 0.797. The van der Waals surface area contributed by atoms with Gasteiger partial charge in [0.05, 0.1) is 5.69 Å². The summed E-state index contributed by atoms with van der Waals surface area (Å²) in [5.74, 6) is -0.985. The van der Waals surface area contributed by atoms with Gasteiger partial charge in [0.25, 0.3) is 0 Å². The Morgan fingerprint density at radius 2 is 1.90 bits per heavy atom. The van der Waals surface area contributed by atoms with Crippen LogP contribution in [0.2, 0.25) is 0 Å². The number of carboxylic acid groups (broad SMARTS) is 1. The minimum atomic E-state index is -0.985. The highest BCUT2D eigenvalue weighted by atomic mass is 16.4. The molecule has 0 radical (unpaired) electrons. The molecular formula is C17H14N2O2. The van der Waals surface area contributed by atoms with Crippen LogP contribution in [0, 0.1) is 6.92 Å². The van der Waals surface area contributed by atoms with Crippen LogP contribution < -0.4 is 0 Å². The van der Waals surface area contributed by atoms with Gasteiger partial charge in [-0.05, 0) is 30.2 Å². The number of fused-ring (bicyclic) bond motifs is 1. The molecule has 0 spiro atoms. The number of aromatic nitrogens is 2. The number of hydrogen-bond acceptors (Lipinski definition) is 2. The Kier molecular flexibility index (Phi) is 3.28. The van der Waals surface area contributed by atoms with Gasteiger partial charge < -0.3 is 5.11 Å². The second-order valence-corrected chi connectivity index (χ2v) is 4.78. The number of rotatable bonds is 3. The molecule has 2 aromatic heterocycles. The molecule has 21 heavy (non-hydrogen) atoms. The van der Waals surface area contributed by atoms with E-state index in [1.165, 1.54) is 0 Å². The fourth-order valence-electron chi connectivity index (χ4n) is 2.29. The summed E-state index contributed by atoms with van der Waals surface area (Å²) in [4.78, 5) is 16.0. The van der Waals surface area contributed by atoms with Gasteiger partial charge in [0.2, 0.25) is 0 Å². The molecule has 4 nitrogen and oxygen atoms in total. The van der Waals surface area contributed by atoms with Crippen LogP contribution in [-0.2, 0) is 0 Å². The Morgan fingerprint density at radius 1 is 1.14 bits per heavy atom. The summed E-state index contributed by atoms with van der Waals surface area (Å²) in [5, 5.41) is 9.45. The van der Waals surface area contributed by atoms with Gasteiger partial charge in [0, 0.05) is 6.20 Å². The normalized spacial score (nSPS) is 11.3. The number of aromatic carboxylic acids is 1. The highest BCUT2D eigenvalue weighted by Gasteiger charge is 2.17. The van der Waals surface area contributed by atoms with Gasteiger partial charge in [0.15, 0.2) is 5.69 Å². The Labute approximate surface area is 122 Å². The average molecular weight is 278 g/mol. The Balaban J connectivity index is 2.14. The van der Waals surface area contributed by atoms with Gasteiger partial charge in [0.1, 0.15) is 5.65 Å². The van der Waals surface area contributed by atoms with E-state index in [2.05, 4.69) is 4.98 Å². The van der Waals surface area contributed by atoms with E-state index in [9.17, 15) is 9.90 Å². The molecule has 104 valence electrons. The third kappa shape index (κ3) is 2.43. The molecule has 1 N–H and O–H groups in total. The molecule has 0 amide bonds. The fraction of sp³-hybridized carbons (Fsp3) is 0.0588. The molecule has 1 aromatic carbocycles. The van der Waals surface area contributed by atoms with Crippen molar-refractivity contribution in [2.45, 2.75) is 6.92 Å². The largest absolute Gasteiger partial charge is 0.476 e. The molecule has 4 heteroatoms. The molecule has 3 aromatic rings.